The predicted molar refractivity (Wildman–Crippen MR) is 160 cm³/mol. The summed E-state index contributed by atoms with van der Waals surface area (Å²) in [4.78, 5) is 45.7. The molecule has 1 spiro atoms. The van der Waals surface area contributed by atoms with E-state index in [1.54, 1.807) is 35.2 Å². The summed E-state index contributed by atoms with van der Waals surface area (Å²) in [6.07, 6.45) is 0. The lowest BCUT2D eigenvalue weighted by molar-refractivity contribution is -0.121. The molecule has 7 rings (SSSR count). The van der Waals surface area contributed by atoms with E-state index in [1.807, 2.05) is 37.3 Å². The molecule has 4 heterocycles. The molecule has 0 fully saturated rings. The topological polar surface area (TPSA) is 96.6 Å². The quantitative estimate of drug-likeness (QED) is 0.163. The Labute approximate surface area is 251 Å². The Bertz CT molecular complexity index is 1960. The Morgan fingerprint density at radius 2 is 1.73 bits per heavy atom. The second-order valence-corrected chi connectivity index (χ2v) is 12.5. The number of hydrogen-bond acceptors (Lipinski definition) is 8. The molecule has 1 unspecified atom stereocenters. The largest absolute Gasteiger partial charge is 0.450 e. The summed E-state index contributed by atoms with van der Waals surface area (Å²) >= 11 is 14.8. The van der Waals surface area contributed by atoms with E-state index < -0.39 is 22.8 Å². The highest BCUT2D eigenvalue weighted by atomic mass is 35.5. The van der Waals surface area contributed by atoms with Crippen molar-refractivity contribution in [2.24, 2.45) is 0 Å². The number of nitrogens with zero attached hydrogens (tertiary/aromatic N) is 4. The van der Waals surface area contributed by atoms with Crippen molar-refractivity contribution in [2.45, 2.75) is 22.6 Å². The van der Waals surface area contributed by atoms with E-state index >= 15 is 0 Å². The third kappa shape index (κ3) is 3.78. The number of thioether (sulfide) groups is 1. The maximum atomic E-state index is 14.5. The molecule has 2 aliphatic rings. The second kappa shape index (κ2) is 9.70. The highest BCUT2D eigenvalue weighted by Gasteiger charge is 2.66. The van der Waals surface area contributed by atoms with Crippen LogP contribution in [0.15, 0.2) is 80.3 Å². The fourth-order valence-electron chi connectivity index (χ4n) is 5.53. The maximum Gasteiger partial charge on any atom is 0.297 e. The third-order valence-electron chi connectivity index (χ3n) is 7.27. The summed E-state index contributed by atoms with van der Waals surface area (Å²) in [6, 6.07) is 19.3. The Balaban J connectivity index is 1.43. The summed E-state index contributed by atoms with van der Waals surface area (Å²) in [5.74, 6) is -0.674. The van der Waals surface area contributed by atoms with Crippen LogP contribution in [0.4, 0.5) is 10.8 Å². The van der Waals surface area contributed by atoms with Gasteiger partial charge in [0.1, 0.15) is 5.58 Å². The number of rotatable bonds is 5. The van der Waals surface area contributed by atoms with E-state index in [2.05, 4.69) is 10.2 Å². The highest BCUT2D eigenvalue weighted by Crippen LogP contribution is 2.54. The molecule has 0 radical (unpaired) electrons. The van der Waals surface area contributed by atoms with Crippen LogP contribution < -0.4 is 15.2 Å². The molecule has 0 saturated heterocycles. The summed E-state index contributed by atoms with van der Waals surface area (Å²) in [7, 11) is 0. The van der Waals surface area contributed by atoms with Crippen molar-refractivity contribution in [1.29, 1.82) is 0 Å². The van der Waals surface area contributed by atoms with Crippen LogP contribution >= 0.6 is 46.3 Å². The van der Waals surface area contributed by atoms with Gasteiger partial charge in [0.05, 0.1) is 16.6 Å². The molecule has 2 amide bonds. The average molecular weight is 622 g/mol. The lowest BCUT2D eigenvalue weighted by atomic mass is 9.84. The number of hydrogen-bond donors (Lipinski definition) is 0. The van der Waals surface area contributed by atoms with Gasteiger partial charge >= 0.3 is 0 Å². The van der Waals surface area contributed by atoms with Crippen LogP contribution in [0, 0.1) is 0 Å². The number of amides is 2. The lowest BCUT2D eigenvalue weighted by Gasteiger charge is -2.31. The van der Waals surface area contributed by atoms with Crippen molar-refractivity contribution in [3.8, 4) is 0 Å². The van der Waals surface area contributed by atoms with E-state index in [1.165, 1.54) is 34.1 Å². The lowest BCUT2D eigenvalue weighted by Crippen LogP contribution is -2.53. The molecule has 204 valence electrons. The van der Waals surface area contributed by atoms with Crippen molar-refractivity contribution in [3.63, 3.8) is 0 Å². The number of benzene rings is 3. The summed E-state index contributed by atoms with van der Waals surface area (Å²) < 4.78 is 6.66. The third-order valence-corrected chi connectivity index (χ3v) is 9.87. The number of fused-ring (bicyclic) bond motifs is 5. The van der Waals surface area contributed by atoms with Gasteiger partial charge in [0, 0.05) is 27.9 Å². The van der Waals surface area contributed by atoms with Crippen LogP contribution in [-0.4, -0.2) is 28.6 Å². The predicted octanol–water partition coefficient (Wildman–Crippen LogP) is 6.51. The van der Waals surface area contributed by atoms with Gasteiger partial charge in [-0.1, -0.05) is 76.6 Å². The molecule has 8 nitrogen and oxygen atoms in total. The fraction of sp³-hybridized carbons (Fsp3) is 0.138. The number of anilines is 2. The van der Waals surface area contributed by atoms with Crippen molar-refractivity contribution in [1.82, 2.24) is 10.2 Å². The zero-order valence-electron chi connectivity index (χ0n) is 21.3. The number of carbonyl (C=O) groups is 2. The molecule has 41 heavy (non-hydrogen) atoms. The van der Waals surface area contributed by atoms with Crippen LogP contribution in [0.25, 0.3) is 11.0 Å². The molecule has 3 aromatic carbocycles. The monoisotopic (exact) mass is 620 g/mol. The van der Waals surface area contributed by atoms with Gasteiger partial charge in [-0.25, -0.2) is 0 Å². The molecule has 0 N–H and O–H groups in total. The van der Waals surface area contributed by atoms with E-state index in [4.69, 9.17) is 27.6 Å². The van der Waals surface area contributed by atoms with E-state index in [9.17, 15) is 14.4 Å². The molecular formula is C29H18Cl2N4O4S2. The standard InChI is InChI=1S/C29H18Cl2N4O4S2/c1-2-34-20-6-4-3-5-19(20)29(26(34)38)22-23(36)18-13-17(31)11-12-21(18)39-24(22)25(37)35(29)27-32-33-28(41-27)40-14-15-7-9-16(30)10-8-15/h3-13H,2,14H2,1H3. The molecular weight excluding hydrogens is 603 g/mol. The van der Waals surface area contributed by atoms with E-state index in [-0.39, 0.29) is 27.4 Å². The molecule has 1 atom stereocenters. The van der Waals surface area contributed by atoms with Gasteiger partial charge in [0.2, 0.25) is 10.9 Å². The minimum atomic E-state index is -1.81. The summed E-state index contributed by atoms with van der Waals surface area (Å²) in [6.45, 7) is 2.17. The van der Waals surface area contributed by atoms with Crippen molar-refractivity contribution in [2.75, 3.05) is 16.3 Å². The Kier molecular flexibility index (Phi) is 6.20. The average Bonchev–Trinajstić information content (AvgIpc) is 3.61. The van der Waals surface area contributed by atoms with Gasteiger partial charge < -0.3 is 9.32 Å². The SMILES string of the molecule is CCN1C(=O)C2(c3ccccc31)c1c(oc3ccc(Cl)cc3c1=O)C(=O)N2c1nnc(SCc2ccc(Cl)cc2)s1. The normalized spacial score (nSPS) is 17.6. The van der Waals surface area contributed by atoms with E-state index in [0.29, 0.717) is 37.9 Å². The van der Waals surface area contributed by atoms with Gasteiger partial charge in [-0.3, -0.25) is 19.3 Å². The smallest absolute Gasteiger partial charge is 0.297 e. The van der Waals surface area contributed by atoms with Gasteiger partial charge in [-0.2, -0.15) is 0 Å². The van der Waals surface area contributed by atoms with Crippen LogP contribution in [0.1, 0.15) is 34.2 Å². The summed E-state index contributed by atoms with van der Waals surface area (Å²) in [5, 5.41) is 10.0. The minimum Gasteiger partial charge on any atom is -0.450 e. The number of para-hydroxylation sites is 1. The van der Waals surface area contributed by atoms with Crippen LogP contribution in [-0.2, 0) is 16.1 Å². The first kappa shape index (κ1) is 26.2. The minimum absolute atomic E-state index is 0.0452. The molecule has 5 aromatic rings. The van der Waals surface area contributed by atoms with Crippen LogP contribution in [0.2, 0.25) is 10.0 Å². The van der Waals surface area contributed by atoms with Gasteiger partial charge in [0.25, 0.3) is 11.8 Å². The number of halogens is 2. The van der Waals surface area contributed by atoms with Gasteiger partial charge in [-0.15, -0.1) is 10.2 Å². The Morgan fingerprint density at radius 3 is 2.51 bits per heavy atom. The second-order valence-electron chi connectivity index (χ2n) is 9.46. The molecule has 0 aliphatic carbocycles. The van der Waals surface area contributed by atoms with Crippen molar-refractivity contribution < 1.29 is 14.0 Å². The molecule has 0 saturated carbocycles. The zero-order valence-corrected chi connectivity index (χ0v) is 24.4. The van der Waals surface area contributed by atoms with Crippen LogP contribution in [0.5, 0.6) is 0 Å². The van der Waals surface area contributed by atoms with Gasteiger partial charge in [-0.05, 0) is 48.9 Å². The first-order valence-corrected chi connectivity index (χ1v) is 15.1. The van der Waals surface area contributed by atoms with Crippen LogP contribution in [0.3, 0.4) is 0 Å². The Hall–Kier alpha value is -3.70. The van der Waals surface area contributed by atoms with E-state index in [0.717, 1.165) is 5.56 Å². The number of aromatic nitrogens is 2. The number of likely N-dealkylation sites (N-methyl/N-ethyl adjacent to an activating group) is 1. The first-order chi connectivity index (χ1) is 19.8. The zero-order chi connectivity index (χ0) is 28.5. The Morgan fingerprint density at radius 1 is 0.976 bits per heavy atom. The summed E-state index contributed by atoms with van der Waals surface area (Å²) in [5.41, 5.74) is -0.00893. The maximum absolute atomic E-state index is 14.5. The molecule has 2 aromatic heterocycles. The van der Waals surface area contributed by atoms with Gasteiger partial charge in [0.15, 0.2) is 15.3 Å². The molecule has 2 aliphatic heterocycles. The number of carbonyl (C=O) groups excluding carboxylic acids is 2. The molecule has 0 bridgehead atoms. The first-order valence-electron chi connectivity index (χ1n) is 12.6. The fourth-order valence-corrected chi connectivity index (χ4v) is 7.67. The van der Waals surface area contributed by atoms with Crippen molar-refractivity contribution >= 4 is 79.9 Å². The highest BCUT2D eigenvalue weighted by molar-refractivity contribution is 8.00. The van der Waals surface area contributed by atoms with Crippen molar-refractivity contribution in [3.05, 3.63) is 109 Å². The molecule has 12 heteroatoms.